The van der Waals surface area contributed by atoms with Crippen LogP contribution in [0.25, 0.3) is 0 Å². The van der Waals surface area contributed by atoms with E-state index in [4.69, 9.17) is 4.84 Å². The van der Waals surface area contributed by atoms with Crippen LogP contribution in [0, 0.1) is 5.92 Å². The number of nitrogens with zero attached hydrogens (tertiary/aromatic N) is 1. The molecule has 2 aromatic carbocycles. The second-order valence-electron chi connectivity index (χ2n) is 7.76. The summed E-state index contributed by atoms with van der Waals surface area (Å²) in [7, 11) is 0. The summed E-state index contributed by atoms with van der Waals surface area (Å²) in [6.45, 7) is 4.21. The highest BCUT2D eigenvalue weighted by molar-refractivity contribution is 6.06. The molecule has 4 nitrogen and oxygen atoms in total. The van der Waals surface area contributed by atoms with Crippen LogP contribution in [-0.4, -0.2) is 34.3 Å². The van der Waals surface area contributed by atoms with Crippen molar-refractivity contribution in [3.05, 3.63) is 71.8 Å². The summed E-state index contributed by atoms with van der Waals surface area (Å²) in [4.78, 5) is 32.6. The van der Waals surface area contributed by atoms with Gasteiger partial charge in [0.05, 0.1) is 5.92 Å². The fourth-order valence-electron chi connectivity index (χ4n) is 4.20. The van der Waals surface area contributed by atoms with Gasteiger partial charge in [-0.2, -0.15) is 5.06 Å². The van der Waals surface area contributed by atoms with E-state index in [9.17, 15) is 9.59 Å². The first-order valence-electron chi connectivity index (χ1n) is 9.14. The van der Waals surface area contributed by atoms with Gasteiger partial charge in [0.1, 0.15) is 0 Å². The Morgan fingerprint density at radius 2 is 1.46 bits per heavy atom. The molecule has 2 saturated heterocycles. The zero-order valence-corrected chi connectivity index (χ0v) is 15.1. The van der Waals surface area contributed by atoms with Crippen LogP contribution < -0.4 is 0 Å². The Hall–Kier alpha value is -2.30. The molecule has 0 N–H and O–H groups in total. The van der Waals surface area contributed by atoms with Gasteiger partial charge < -0.3 is 0 Å². The Labute approximate surface area is 153 Å². The third-order valence-electron chi connectivity index (χ3n) is 5.60. The minimum atomic E-state index is -0.769. The van der Waals surface area contributed by atoms with E-state index in [1.54, 1.807) is 12.1 Å². The Balaban J connectivity index is 1.72. The van der Waals surface area contributed by atoms with E-state index in [-0.39, 0.29) is 23.1 Å². The van der Waals surface area contributed by atoms with Crippen LogP contribution in [0.4, 0.5) is 0 Å². The summed E-state index contributed by atoms with van der Waals surface area (Å²) in [5, 5.41) is 1.91. The molecule has 0 radical (unpaired) electrons. The molecular weight excluding hydrogens is 326 g/mol. The Kier molecular flexibility index (Phi) is 4.25. The SMILES string of the molecule is CC1(C)CC[C@@H]2[C@H](C(=O)c3ccccc3)[C@H](C(=O)c3ccccc3)ON21. The van der Waals surface area contributed by atoms with Crippen molar-refractivity contribution in [3.8, 4) is 0 Å². The molecule has 4 rings (SSSR count). The molecule has 0 saturated carbocycles. The van der Waals surface area contributed by atoms with E-state index in [0.29, 0.717) is 11.1 Å². The van der Waals surface area contributed by atoms with E-state index in [2.05, 4.69) is 13.8 Å². The van der Waals surface area contributed by atoms with Crippen LogP contribution in [0.3, 0.4) is 0 Å². The Bertz CT molecular complexity index is 816. The van der Waals surface area contributed by atoms with Gasteiger partial charge in [-0.1, -0.05) is 60.7 Å². The fourth-order valence-corrected chi connectivity index (χ4v) is 4.20. The van der Waals surface area contributed by atoms with Gasteiger partial charge in [-0.15, -0.1) is 0 Å². The first-order chi connectivity index (χ1) is 12.5. The number of carbonyl (C=O) groups is 2. The number of Topliss-reactive ketones (excluding diaryl/α,β-unsaturated/α-hetero) is 2. The molecule has 0 aromatic heterocycles. The summed E-state index contributed by atoms with van der Waals surface area (Å²) in [6, 6.07) is 18.3. The number of fused-ring (bicyclic) bond motifs is 1. The molecule has 26 heavy (non-hydrogen) atoms. The predicted octanol–water partition coefficient (Wildman–Crippen LogP) is 3.93. The molecular formula is C22H23NO3. The van der Waals surface area contributed by atoms with Crippen molar-refractivity contribution in [3.63, 3.8) is 0 Å². The van der Waals surface area contributed by atoms with Crippen molar-refractivity contribution in [2.75, 3.05) is 0 Å². The monoisotopic (exact) mass is 349 g/mol. The number of hydrogen-bond donors (Lipinski definition) is 0. The van der Waals surface area contributed by atoms with Crippen molar-refractivity contribution in [1.82, 2.24) is 5.06 Å². The number of hydrogen-bond acceptors (Lipinski definition) is 4. The smallest absolute Gasteiger partial charge is 0.194 e. The number of ketones is 2. The van der Waals surface area contributed by atoms with Crippen LogP contribution in [0.5, 0.6) is 0 Å². The largest absolute Gasteiger partial charge is 0.294 e. The second kappa shape index (κ2) is 6.45. The van der Waals surface area contributed by atoms with E-state index in [1.807, 2.05) is 53.6 Å². The molecule has 0 unspecified atom stereocenters. The lowest BCUT2D eigenvalue weighted by Crippen LogP contribution is -2.40. The van der Waals surface area contributed by atoms with Gasteiger partial charge in [0.25, 0.3) is 0 Å². The fraction of sp³-hybridized carbons (Fsp3) is 0.364. The maximum atomic E-state index is 13.3. The highest BCUT2D eigenvalue weighted by Crippen LogP contribution is 2.45. The molecule has 2 aromatic rings. The standard InChI is InChI=1S/C22H23NO3/c1-22(2)14-13-17-18(19(24)15-9-5-3-6-10-15)21(26-23(17)22)20(25)16-11-7-4-8-12-16/h3-12,17-18,21H,13-14H2,1-2H3/t17-,18-,21-/m1/s1. The topological polar surface area (TPSA) is 46.6 Å². The van der Waals surface area contributed by atoms with Gasteiger partial charge >= 0.3 is 0 Å². The molecule has 0 bridgehead atoms. The lowest BCUT2D eigenvalue weighted by atomic mass is 9.83. The maximum absolute atomic E-state index is 13.3. The van der Waals surface area contributed by atoms with Crippen LogP contribution in [-0.2, 0) is 4.84 Å². The van der Waals surface area contributed by atoms with Gasteiger partial charge in [0.2, 0.25) is 0 Å². The molecule has 0 aliphatic carbocycles. The second-order valence-corrected chi connectivity index (χ2v) is 7.76. The number of benzene rings is 2. The van der Waals surface area contributed by atoms with Crippen LogP contribution >= 0.6 is 0 Å². The average Bonchev–Trinajstić information content (AvgIpc) is 3.19. The summed E-state index contributed by atoms with van der Waals surface area (Å²) in [5.74, 6) is -0.609. The Morgan fingerprint density at radius 1 is 0.923 bits per heavy atom. The van der Waals surface area contributed by atoms with Crippen LogP contribution in [0.1, 0.15) is 47.4 Å². The summed E-state index contributed by atoms with van der Waals surface area (Å²) >= 11 is 0. The molecule has 2 aliphatic heterocycles. The maximum Gasteiger partial charge on any atom is 0.194 e. The van der Waals surface area contributed by atoms with Crippen LogP contribution in [0.15, 0.2) is 60.7 Å². The number of rotatable bonds is 4. The van der Waals surface area contributed by atoms with Crippen molar-refractivity contribution in [1.29, 1.82) is 0 Å². The van der Waals surface area contributed by atoms with Crippen LogP contribution in [0.2, 0.25) is 0 Å². The van der Waals surface area contributed by atoms with Crippen molar-refractivity contribution >= 4 is 11.6 Å². The molecule has 3 atom stereocenters. The third kappa shape index (κ3) is 2.79. The molecule has 4 heteroatoms. The quantitative estimate of drug-likeness (QED) is 0.785. The van der Waals surface area contributed by atoms with Crippen molar-refractivity contribution in [2.24, 2.45) is 5.92 Å². The van der Waals surface area contributed by atoms with E-state index in [1.165, 1.54) is 0 Å². The lowest BCUT2D eigenvalue weighted by Gasteiger charge is -2.29. The van der Waals surface area contributed by atoms with E-state index in [0.717, 1.165) is 12.8 Å². The lowest BCUT2D eigenvalue weighted by molar-refractivity contribution is -0.187. The summed E-state index contributed by atoms with van der Waals surface area (Å²) in [5.41, 5.74) is 1.05. The van der Waals surface area contributed by atoms with Crippen molar-refractivity contribution in [2.45, 2.75) is 44.4 Å². The normalized spacial score (nSPS) is 27.2. The minimum Gasteiger partial charge on any atom is -0.294 e. The molecule has 2 heterocycles. The average molecular weight is 349 g/mol. The van der Waals surface area contributed by atoms with Gasteiger partial charge in [0.15, 0.2) is 17.7 Å². The van der Waals surface area contributed by atoms with E-state index < -0.39 is 12.0 Å². The molecule has 134 valence electrons. The van der Waals surface area contributed by atoms with Gasteiger partial charge in [-0.3, -0.25) is 14.4 Å². The summed E-state index contributed by atoms with van der Waals surface area (Å²) in [6.07, 6.45) is 1.03. The van der Waals surface area contributed by atoms with Gasteiger partial charge in [0, 0.05) is 22.7 Å². The predicted molar refractivity (Wildman–Crippen MR) is 98.8 cm³/mol. The summed E-state index contributed by atoms with van der Waals surface area (Å²) < 4.78 is 0. The molecule has 0 spiro atoms. The van der Waals surface area contributed by atoms with E-state index >= 15 is 0 Å². The minimum absolute atomic E-state index is 0.00918. The molecule has 2 fully saturated rings. The highest BCUT2D eigenvalue weighted by atomic mass is 16.7. The molecule has 0 amide bonds. The zero-order valence-electron chi connectivity index (χ0n) is 15.1. The highest BCUT2D eigenvalue weighted by Gasteiger charge is 2.57. The van der Waals surface area contributed by atoms with Gasteiger partial charge in [-0.05, 0) is 26.7 Å². The first kappa shape index (κ1) is 17.1. The first-order valence-corrected chi connectivity index (χ1v) is 9.14. The number of carbonyl (C=O) groups excluding carboxylic acids is 2. The third-order valence-corrected chi connectivity index (χ3v) is 5.60. The molecule has 2 aliphatic rings. The number of hydroxylamine groups is 2. The Morgan fingerprint density at radius 3 is 2.04 bits per heavy atom. The van der Waals surface area contributed by atoms with Crippen molar-refractivity contribution < 1.29 is 14.4 Å². The van der Waals surface area contributed by atoms with Gasteiger partial charge in [-0.25, -0.2) is 0 Å². The zero-order chi connectivity index (χ0) is 18.3.